The normalized spacial score (nSPS) is 11.4. The molecule has 21 nitrogen and oxygen atoms in total. The van der Waals surface area contributed by atoms with Gasteiger partial charge in [0.2, 0.25) is 25.9 Å². The summed E-state index contributed by atoms with van der Waals surface area (Å²) in [6.45, 7) is 0.256. The molecule has 0 aliphatic heterocycles. The molecule has 0 aliphatic rings. The fraction of sp³-hybridized carbons (Fsp3) is 0.120. The number of nitro groups is 2. The van der Waals surface area contributed by atoms with E-state index in [1.165, 1.54) is 6.07 Å². The highest BCUT2D eigenvalue weighted by Crippen LogP contribution is 2.28. The molecule has 5 rings (SSSR count). The van der Waals surface area contributed by atoms with Crippen molar-refractivity contribution in [3.05, 3.63) is 128 Å². The molecule has 24 heteroatoms. The van der Waals surface area contributed by atoms with Gasteiger partial charge in [-0.2, -0.15) is 13.7 Å². The van der Waals surface area contributed by atoms with Crippen LogP contribution in [-0.2, 0) is 26.6 Å². The Kier molecular flexibility index (Phi) is 9.66. The van der Waals surface area contributed by atoms with Crippen molar-refractivity contribution in [2.24, 2.45) is 0 Å². The number of rotatable bonds is 9. The third-order valence-corrected chi connectivity index (χ3v) is 7.24. The molecule has 2 heterocycles. The van der Waals surface area contributed by atoms with Gasteiger partial charge in [0.15, 0.2) is 0 Å². The second-order valence-electron chi connectivity index (χ2n) is 9.99. The van der Waals surface area contributed by atoms with Crippen molar-refractivity contribution < 1.29 is 31.1 Å². The number of aromatic amines is 2. The largest absolute Gasteiger partial charge is 0.375 e. The molecule has 0 saturated heterocycles. The van der Waals surface area contributed by atoms with Crippen molar-refractivity contribution in [1.29, 1.82) is 0 Å². The highest BCUT2D eigenvalue weighted by molar-refractivity contribution is 7.91. The van der Waals surface area contributed by atoms with Gasteiger partial charge < -0.3 is 15.3 Å². The first kappa shape index (κ1) is 35.4. The average Bonchev–Trinajstić information content (AvgIpc) is 3.00. The molecule has 0 fully saturated rings. The van der Waals surface area contributed by atoms with Gasteiger partial charge in [-0.3, -0.25) is 29.8 Å². The van der Waals surface area contributed by atoms with E-state index in [1.54, 1.807) is 9.66 Å². The third kappa shape index (κ3) is 8.30. The molecule has 0 amide bonds. The van der Waals surface area contributed by atoms with Crippen LogP contribution in [0.15, 0.2) is 73.8 Å². The highest BCUT2D eigenvalue weighted by Gasteiger charge is 2.21. The summed E-state index contributed by atoms with van der Waals surface area (Å²) in [5.41, 5.74) is -5.08. The number of nitrogens with zero attached hydrogens (tertiary/aromatic N) is 4. The predicted molar refractivity (Wildman–Crippen MR) is 173 cm³/mol. The van der Waals surface area contributed by atoms with Crippen molar-refractivity contribution in [1.82, 2.24) is 19.3 Å². The van der Waals surface area contributed by atoms with E-state index in [1.807, 2.05) is 30.3 Å². The summed E-state index contributed by atoms with van der Waals surface area (Å²) in [4.78, 5) is 76.2. The summed E-state index contributed by atoms with van der Waals surface area (Å²) >= 11 is 0. The zero-order valence-electron chi connectivity index (χ0n) is 24.8. The first-order chi connectivity index (χ1) is 22.8. The summed E-state index contributed by atoms with van der Waals surface area (Å²) in [5.74, 6) is -1.29. The van der Waals surface area contributed by atoms with Gasteiger partial charge in [0, 0.05) is 18.7 Å². The summed E-state index contributed by atoms with van der Waals surface area (Å²) in [5, 5.41) is 24.4. The van der Waals surface area contributed by atoms with E-state index in [0.29, 0.717) is 23.1 Å². The standard InChI is InChI=1S/C16H15N5O6S.C9H7FN4O6S/c1-28(26,27)19-20-15(22)11-7-13(17-9-10-5-3-2-4-6-10)14(21(24)25)8-12(11)18-16(20)23;1-21(19,20)12-13-8(15)4-2-5(10)7(14(17)18)3-6(4)11-9(13)16/h2-8,17,19H,9H2,1H3,(H,18,23);2-3,12H,1H3,(H,11,16). The van der Waals surface area contributed by atoms with Gasteiger partial charge in [-0.25, -0.2) is 36.1 Å². The molecule has 5 aromatic rings. The smallest absolute Gasteiger partial charge is 0.348 e. The number of anilines is 1. The van der Waals surface area contributed by atoms with Crippen molar-refractivity contribution >= 4 is 58.9 Å². The minimum absolute atomic E-state index is 0.0522. The number of sulfonamides is 2. The molecule has 49 heavy (non-hydrogen) atoms. The molecule has 5 N–H and O–H groups in total. The molecule has 2 aromatic heterocycles. The Balaban J connectivity index is 0.000000230. The molecule has 0 bridgehead atoms. The molecule has 258 valence electrons. The van der Waals surface area contributed by atoms with Gasteiger partial charge in [-0.1, -0.05) is 30.3 Å². The van der Waals surface area contributed by atoms with Crippen molar-refractivity contribution in [3.63, 3.8) is 0 Å². The lowest BCUT2D eigenvalue weighted by molar-refractivity contribution is -0.387. The van der Waals surface area contributed by atoms with E-state index in [9.17, 15) is 60.6 Å². The van der Waals surface area contributed by atoms with E-state index < -0.39 is 69.3 Å². The number of halogens is 1. The number of aromatic nitrogens is 4. The van der Waals surface area contributed by atoms with Gasteiger partial charge in [0.05, 0.1) is 44.2 Å². The van der Waals surface area contributed by atoms with Crippen molar-refractivity contribution in [2.45, 2.75) is 6.54 Å². The Hall–Kier alpha value is -6.43. The first-order valence-electron chi connectivity index (χ1n) is 13.1. The SMILES string of the molecule is CS(=O)(=O)Nn1c(=O)[nH]c2cc([N+](=O)[O-])c(F)cc2c1=O.CS(=O)(=O)Nn1c(=O)[nH]c2cc([N+](=O)[O-])c(NCc3ccccc3)cc2c1=O. The van der Waals surface area contributed by atoms with Crippen LogP contribution in [0.3, 0.4) is 0 Å². The third-order valence-electron chi connectivity index (χ3n) is 6.21. The number of nitrogens with one attached hydrogen (secondary N) is 5. The maximum atomic E-state index is 13.5. The van der Waals surface area contributed by atoms with Crippen molar-refractivity contribution in [3.8, 4) is 0 Å². The summed E-state index contributed by atoms with van der Waals surface area (Å²) in [7, 11) is -7.83. The van der Waals surface area contributed by atoms with Crippen LogP contribution in [0.5, 0.6) is 0 Å². The molecule has 3 aromatic carbocycles. The lowest BCUT2D eigenvalue weighted by Gasteiger charge is -2.10. The molecule has 0 saturated carbocycles. The number of fused-ring (bicyclic) bond motifs is 2. The Morgan fingerprint density at radius 1 is 0.735 bits per heavy atom. The Labute approximate surface area is 271 Å². The second kappa shape index (κ2) is 13.4. The van der Waals surface area contributed by atoms with E-state index >= 15 is 0 Å². The van der Waals surface area contributed by atoms with Crippen LogP contribution in [0.25, 0.3) is 21.8 Å². The molecule has 0 aliphatic carbocycles. The van der Waals surface area contributed by atoms with Crippen LogP contribution in [0.2, 0.25) is 0 Å². The zero-order chi connectivity index (χ0) is 36.4. The summed E-state index contributed by atoms with van der Waals surface area (Å²) in [6.07, 6.45) is 1.49. The van der Waals surface area contributed by atoms with E-state index in [-0.39, 0.29) is 39.0 Å². The maximum Gasteiger partial charge on any atom is 0.348 e. The van der Waals surface area contributed by atoms with Gasteiger partial charge in [-0.15, -0.1) is 0 Å². The minimum atomic E-state index is -3.93. The minimum Gasteiger partial charge on any atom is -0.375 e. The molecular weight excluding hydrogens is 701 g/mol. The lowest BCUT2D eigenvalue weighted by atomic mass is 10.1. The van der Waals surface area contributed by atoms with E-state index in [4.69, 9.17) is 0 Å². The fourth-order valence-electron chi connectivity index (χ4n) is 4.20. The number of hydrogen-bond donors (Lipinski definition) is 5. The Morgan fingerprint density at radius 2 is 1.18 bits per heavy atom. The van der Waals surface area contributed by atoms with Crippen LogP contribution in [0.4, 0.5) is 21.5 Å². The fourth-order valence-corrected chi connectivity index (χ4v) is 5.20. The summed E-state index contributed by atoms with van der Waals surface area (Å²) in [6, 6.07) is 12.6. The van der Waals surface area contributed by atoms with Gasteiger partial charge in [-0.05, 0) is 17.7 Å². The monoisotopic (exact) mass is 723 g/mol. The quantitative estimate of drug-likeness (QED) is 0.0986. The van der Waals surface area contributed by atoms with Crippen molar-refractivity contribution in [2.75, 3.05) is 27.5 Å². The number of nitro benzene ring substituents is 2. The molecule has 0 spiro atoms. The van der Waals surface area contributed by atoms with Crippen LogP contribution in [-0.4, -0.2) is 58.5 Å². The van der Waals surface area contributed by atoms with Gasteiger partial charge >= 0.3 is 17.1 Å². The second-order valence-corrected chi connectivity index (χ2v) is 13.4. The molecule has 0 unspecified atom stereocenters. The number of H-pyrrole nitrogens is 2. The predicted octanol–water partition coefficient (Wildman–Crippen LogP) is -0.0466. The van der Waals surface area contributed by atoms with E-state index in [2.05, 4.69) is 15.3 Å². The molecule has 0 radical (unpaired) electrons. The molecular formula is C25H22FN9O12S2. The van der Waals surface area contributed by atoms with Crippen LogP contribution in [0.1, 0.15) is 5.56 Å². The topological polar surface area (TPSA) is 300 Å². The Bertz CT molecular complexity index is 2620. The lowest BCUT2D eigenvalue weighted by Crippen LogP contribution is -2.43. The van der Waals surface area contributed by atoms with Crippen LogP contribution in [0, 0.1) is 26.0 Å². The van der Waals surface area contributed by atoms with Gasteiger partial charge in [0.25, 0.3) is 16.8 Å². The van der Waals surface area contributed by atoms with Crippen LogP contribution >= 0.6 is 0 Å². The molecule has 0 atom stereocenters. The average molecular weight is 724 g/mol. The maximum absolute atomic E-state index is 13.5. The number of benzene rings is 3. The van der Waals surface area contributed by atoms with E-state index in [0.717, 1.165) is 17.9 Å². The van der Waals surface area contributed by atoms with Gasteiger partial charge in [0.1, 0.15) is 5.69 Å². The zero-order valence-corrected chi connectivity index (χ0v) is 26.4. The summed E-state index contributed by atoms with van der Waals surface area (Å²) < 4.78 is 58.8. The van der Waals surface area contributed by atoms with Crippen LogP contribution < -0.4 is 37.5 Å². The highest BCUT2D eigenvalue weighted by atomic mass is 32.2. The first-order valence-corrected chi connectivity index (χ1v) is 16.9. The Morgan fingerprint density at radius 3 is 1.63 bits per heavy atom. The number of hydrogen-bond acceptors (Lipinski definition) is 13.